The number of nitrogens with zero attached hydrogens (tertiary/aromatic N) is 2. The van der Waals surface area contributed by atoms with Crippen LogP contribution in [0.5, 0.6) is 0 Å². The summed E-state index contributed by atoms with van der Waals surface area (Å²) in [4.78, 5) is 41.7. The third-order valence-corrected chi connectivity index (χ3v) is 6.49. The number of halogens is 2. The quantitative estimate of drug-likeness (QED) is 0.363. The summed E-state index contributed by atoms with van der Waals surface area (Å²) in [5.41, 5.74) is 6.37. The summed E-state index contributed by atoms with van der Waals surface area (Å²) in [5.74, 6) is -3.59. The molecule has 2 N–H and O–H groups in total. The molecule has 2 aliphatic rings. The van der Waals surface area contributed by atoms with Crippen molar-refractivity contribution in [1.29, 1.82) is 0 Å². The minimum absolute atomic E-state index is 0.0335. The average Bonchev–Trinajstić information content (AvgIpc) is 3.02. The summed E-state index contributed by atoms with van der Waals surface area (Å²) in [6.45, 7) is 2.30. The first kappa shape index (κ1) is 22.1. The van der Waals surface area contributed by atoms with Crippen molar-refractivity contribution in [2.75, 3.05) is 6.61 Å². The summed E-state index contributed by atoms with van der Waals surface area (Å²) in [7, 11) is 0. The number of hydrogen-bond donors (Lipinski definition) is 1. The van der Waals surface area contributed by atoms with Crippen molar-refractivity contribution >= 4 is 22.8 Å². The number of aromatic nitrogens is 2. The summed E-state index contributed by atoms with van der Waals surface area (Å²) in [5, 5.41) is 0.423. The number of pyridine rings is 2. The van der Waals surface area contributed by atoms with E-state index in [1.54, 1.807) is 12.1 Å². The zero-order valence-electron chi connectivity index (χ0n) is 18.3. The Bertz CT molecular complexity index is 1430. The van der Waals surface area contributed by atoms with E-state index in [-0.39, 0.29) is 37.3 Å². The summed E-state index contributed by atoms with van der Waals surface area (Å²) in [6.07, 6.45) is 0.0337. The molecule has 2 aromatic heterocycles. The first-order valence-corrected chi connectivity index (χ1v) is 10.9. The van der Waals surface area contributed by atoms with E-state index in [1.165, 1.54) is 4.57 Å². The van der Waals surface area contributed by atoms with Gasteiger partial charge in [-0.3, -0.25) is 14.4 Å². The second-order valence-electron chi connectivity index (χ2n) is 8.54. The summed E-state index contributed by atoms with van der Waals surface area (Å²) in [6, 6.07) is 5.53. The van der Waals surface area contributed by atoms with E-state index in [0.29, 0.717) is 39.9 Å². The normalized spacial score (nSPS) is 18.7. The minimum atomic E-state index is -1.19. The van der Waals surface area contributed by atoms with Gasteiger partial charge in [-0.1, -0.05) is 6.92 Å². The topological polar surface area (TPSA) is 114 Å². The zero-order chi connectivity index (χ0) is 24.2. The van der Waals surface area contributed by atoms with Gasteiger partial charge in [0.1, 0.15) is 12.0 Å². The molecule has 0 fully saturated rings. The fourth-order valence-electron chi connectivity index (χ4n) is 4.80. The van der Waals surface area contributed by atoms with Gasteiger partial charge in [0.05, 0.1) is 42.2 Å². The number of rotatable bonds is 4. The Hall–Kier alpha value is -3.66. The van der Waals surface area contributed by atoms with Crippen LogP contribution in [0, 0.1) is 11.6 Å². The van der Waals surface area contributed by atoms with Crippen molar-refractivity contribution in [3.05, 3.63) is 62.9 Å². The number of esters is 1. The van der Waals surface area contributed by atoms with Crippen molar-refractivity contribution in [3.8, 4) is 11.4 Å². The zero-order valence-corrected chi connectivity index (χ0v) is 18.3. The van der Waals surface area contributed by atoms with Gasteiger partial charge in [-0.2, -0.15) is 0 Å². The maximum atomic E-state index is 13.8. The van der Waals surface area contributed by atoms with Crippen LogP contribution in [0.4, 0.5) is 8.78 Å². The molecular formula is C24H21F2N3O5. The number of fused-ring (bicyclic) bond motifs is 5. The van der Waals surface area contributed by atoms with Crippen molar-refractivity contribution < 1.29 is 27.8 Å². The lowest BCUT2D eigenvalue weighted by molar-refractivity contribution is -0.164. The Balaban J connectivity index is 1.70. The van der Waals surface area contributed by atoms with Crippen LogP contribution in [0.1, 0.15) is 42.9 Å². The largest absolute Gasteiger partial charge is 0.454 e. The van der Waals surface area contributed by atoms with E-state index in [1.807, 2.05) is 6.92 Å². The average molecular weight is 469 g/mol. The fraction of sp³-hybridized carbons (Fsp3) is 0.333. The standard InChI is InChI=1S/C24H21F2N3O5/c1-2-24(34-21(31)9-20(27)30)3-4-33-11-14-15(24)7-19-22-13(10-29(19)23(14)32)5-12-6-16(25)17(26)8-18(12)28-22/h5-8H,2-4,9-11H2,1H3,(H2,27,30). The van der Waals surface area contributed by atoms with Crippen molar-refractivity contribution in [3.63, 3.8) is 0 Å². The molecule has 10 heteroatoms. The lowest BCUT2D eigenvalue weighted by Gasteiger charge is -2.33. The molecule has 1 amide bonds. The van der Waals surface area contributed by atoms with Crippen LogP contribution in [0.3, 0.4) is 0 Å². The second-order valence-corrected chi connectivity index (χ2v) is 8.54. The first-order chi connectivity index (χ1) is 16.2. The molecule has 5 rings (SSSR count). The smallest absolute Gasteiger partial charge is 0.316 e. The number of ether oxygens (including phenoxy) is 2. The lowest BCUT2D eigenvalue weighted by Crippen LogP contribution is -2.37. The highest BCUT2D eigenvalue weighted by molar-refractivity contribution is 5.93. The molecule has 3 aromatic rings. The second kappa shape index (κ2) is 7.98. The maximum Gasteiger partial charge on any atom is 0.316 e. The minimum Gasteiger partial charge on any atom is -0.454 e. The highest BCUT2D eigenvalue weighted by atomic mass is 19.2. The van der Waals surface area contributed by atoms with E-state index in [0.717, 1.165) is 12.1 Å². The molecule has 34 heavy (non-hydrogen) atoms. The van der Waals surface area contributed by atoms with E-state index in [2.05, 4.69) is 4.98 Å². The van der Waals surface area contributed by atoms with Crippen LogP contribution in [0.25, 0.3) is 22.3 Å². The van der Waals surface area contributed by atoms with Crippen molar-refractivity contribution in [2.24, 2.45) is 5.73 Å². The molecule has 8 nitrogen and oxygen atoms in total. The molecule has 0 radical (unpaired) electrons. The number of amides is 1. The number of nitrogens with two attached hydrogens (primary N) is 1. The molecule has 0 aliphatic carbocycles. The van der Waals surface area contributed by atoms with Gasteiger partial charge >= 0.3 is 5.97 Å². The van der Waals surface area contributed by atoms with E-state index in [4.69, 9.17) is 15.2 Å². The number of carbonyl (C=O) groups is 2. The Morgan fingerprint density at radius 3 is 2.74 bits per heavy atom. The van der Waals surface area contributed by atoms with Crippen LogP contribution < -0.4 is 11.3 Å². The molecule has 1 aromatic carbocycles. The Morgan fingerprint density at radius 1 is 1.24 bits per heavy atom. The van der Waals surface area contributed by atoms with Gasteiger partial charge in [-0.25, -0.2) is 13.8 Å². The molecule has 176 valence electrons. The maximum absolute atomic E-state index is 13.8. The van der Waals surface area contributed by atoms with Crippen molar-refractivity contribution in [2.45, 2.75) is 44.9 Å². The monoisotopic (exact) mass is 469 g/mol. The summed E-state index contributed by atoms with van der Waals surface area (Å²) < 4.78 is 40.5. The number of benzene rings is 1. The van der Waals surface area contributed by atoms with Crippen molar-refractivity contribution in [1.82, 2.24) is 9.55 Å². The van der Waals surface area contributed by atoms with E-state index < -0.39 is 35.5 Å². The first-order valence-electron chi connectivity index (χ1n) is 10.9. The van der Waals surface area contributed by atoms with Gasteiger partial charge in [0.15, 0.2) is 11.6 Å². The predicted molar refractivity (Wildman–Crippen MR) is 117 cm³/mol. The third-order valence-electron chi connectivity index (χ3n) is 6.49. The number of hydrogen-bond acceptors (Lipinski definition) is 6. The Kier molecular flexibility index (Phi) is 5.20. The fourth-order valence-corrected chi connectivity index (χ4v) is 4.80. The third kappa shape index (κ3) is 3.45. The van der Waals surface area contributed by atoms with Crippen LogP contribution >= 0.6 is 0 Å². The number of carbonyl (C=O) groups excluding carboxylic acids is 2. The molecule has 2 aliphatic heterocycles. The molecule has 1 unspecified atom stereocenters. The van der Waals surface area contributed by atoms with Gasteiger partial charge in [0.25, 0.3) is 5.56 Å². The molecule has 0 saturated carbocycles. The predicted octanol–water partition coefficient (Wildman–Crippen LogP) is 2.65. The van der Waals surface area contributed by atoms with E-state index >= 15 is 0 Å². The lowest BCUT2D eigenvalue weighted by atomic mass is 9.85. The highest BCUT2D eigenvalue weighted by Gasteiger charge is 2.41. The van der Waals surface area contributed by atoms with Crippen LogP contribution in [0.15, 0.2) is 29.1 Å². The van der Waals surface area contributed by atoms with Gasteiger partial charge in [0, 0.05) is 29.0 Å². The molecule has 0 saturated heterocycles. The molecule has 0 bridgehead atoms. The van der Waals surface area contributed by atoms with Gasteiger partial charge < -0.3 is 19.8 Å². The summed E-state index contributed by atoms with van der Waals surface area (Å²) >= 11 is 0. The SMILES string of the molecule is CCC1(OC(=O)CC(N)=O)CCOCc2c1cc1n(c2=O)Cc2cc3cc(F)c(F)cc3nc2-1. The van der Waals surface area contributed by atoms with Gasteiger partial charge in [-0.05, 0) is 24.6 Å². The number of primary amides is 1. The van der Waals surface area contributed by atoms with E-state index in [9.17, 15) is 23.2 Å². The molecule has 0 spiro atoms. The van der Waals surface area contributed by atoms with Crippen LogP contribution in [-0.2, 0) is 37.8 Å². The van der Waals surface area contributed by atoms with Crippen LogP contribution in [-0.4, -0.2) is 28.0 Å². The molecule has 1 atom stereocenters. The van der Waals surface area contributed by atoms with Crippen LogP contribution in [0.2, 0.25) is 0 Å². The molecule has 4 heterocycles. The van der Waals surface area contributed by atoms with Gasteiger partial charge in [-0.15, -0.1) is 0 Å². The molecular weight excluding hydrogens is 448 g/mol. The highest BCUT2D eigenvalue weighted by Crippen LogP contribution is 2.41. The van der Waals surface area contributed by atoms with Gasteiger partial charge in [0.2, 0.25) is 5.91 Å². The Morgan fingerprint density at radius 2 is 2.00 bits per heavy atom. The Labute approximate surface area is 192 Å².